The highest BCUT2D eigenvalue weighted by molar-refractivity contribution is 9.10. The summed E-state index contributed by atoms with van der Waals surface area (Å²) in [4.78, 5) is 0. The van der Waals surface area contributed by atoms with Crippen molar-refractivity contribution in [2.75, 3.05) is 0 Å². The number of benzene rings is 2. The molecule has 3 rings (SSSR count). The van der Waals surface area contributed by atoms with Crippen molar-refractivity contribution in [2.24, 2.45) is 0 Å². The maximum Gasteiger partial charge on any atom is 0.149 e. The highest BCUT2D eigenvalue weighted by Gasteiger charge is 2.09. The second-order valence-corrected chi connectivity index (χ2v) is 4.52. The highest BCUT2D eigenvalue weighted by atomic mass is 79.9. The monoisotopic (exact) mass is 260 g/mol. The molecule has 0 bridgehead atoms. The standard InChI is InChI=1S/C13H9BrO/c1-8-4-2-5-9-10-6-3-7-11(14)13(10)15-12(8)9/h2-7H,1H3. The van der Waals surface area contributed by atoms with E-state index in [-0.39, 0.29) is 0 Å². The first-order chi connectivity index (χ1) is 7.27. The van der Waals surface area contributed by atoms with E-state index >= 15 is 0 Å². The zero-order valence-electron chi connectivity index (χ0n) is 8.25. The van der Waals surface area contributed by atoms with E-state index in [1.165, 1.54) is 16.3 Å². The van der Waals surface area contributed by atoms with E-state index in [4.69, 9.17) is 4.42 Å². The molecule has 0 saturated carbocycles. The lowest BCUT2D eigenvalue weighted by Crippen LogP contribution is -1.70. The average Bonchev–Trinajstić information content (AvgIpc) is 2.60. The molecule has 0 aliphatic carbocycles. The number of aryl methyl sites for hydroxylation is 1. The van der Waals surface area contributed by atoms with Gasteiger partial charge >= 0.3 is 0 Å². The number of furan rings is 1. The SMILES string of the molecule is Cc1cccc2c1oc1c(Br)cccc12. The molecular formula is C13H9BrO. The molecule has 74 valence electrons. The van der Waals surface area contributed by atoms with Gasteiger partial charge in [-0.1, -0.05) is 30.3 Å². The lowest BCUT2D eigenvalue weighted by molar-refractivity contribution is 0.663. The smallest absolute Gasteiger partial charge is 0.149 e. The summed E-state index contributed by atoms with van der Waals surface area (Å²) in [5.41, 5.74) is 3.09. The maximum atomic E-state index is 5.87. The van der Waals surface area contributed by atoms with E-state index in [9.17, 15) is 0 Å². The molecule has 0 unspecified atom stereocenters. The van der Waals surface area contributed by atoms with Gasteiger partial charge in [-0.05, 0) is 34.5 Å². The second kappa shape index (κ2) is 3.11. The van der Waals surface area contributed by atoms with E-state index in [0.717, 1.165) is 15.6 Å². The van der Waals surface area contributed by atoms with Crippen LogP contribution in [0.4, 0.5) is 0 Å². The van der Waals surface area contributed by atoms with Gasteiger partial charge in [0.25, 0.3) is 0 Å². The van der Waals surface area contributed by atoms with Crippen molar-refractivity contribution in [1.82, 2.24) is 0 Å². The Kier molecular flexibility index (Phi) is 1.86. The zero-order valence-corrected chi connectivity index (χ0v) is 9.84. The summed E-state index contributed by atoms with van der Waals surface area (Å²) in [7, 11) is 0. The molecule has 0 spiro atoms. The Labute approximate surface area is 95.8 Å². The van der Waals surface area contributed by atoms with Crippen LogP contribution in [-0.2, 0) is 0 Å². The zero-order chi connectivity index (χ0) is 10.4. The molecule has 0 aliphatic heterocycles. The third kappa shape index (κ3) is 1.21. The number of hydrogen-bond donors (Lipinski definition) is 0. The van der Waals surface area contributed by atoms with E-state index in [0.29, 0.717) is 0 Å². The van der Waals surface area contributed by atoms with Crippen molar-refractivity contribution in [1.29, 1.82) is 0 Å². The first-order valence-electron chi connectivity index (χ1n) is 4.84. The van der Waals surface area contributed by atoms with Crippen LogP contribution >= 0.6 is 15.9 Å². The van der Waals surface area contributed by atoms with Crippen LogP contribution in [0, 0.1) is 6.92 Å². The maximum absolute atomic E-state index is 5.87. The van der Waals surface area contributed by atoms with Crippen LogP contribution in [0.3, 0.4) is 0 Å². The van der Waals surface area contributed by atoms with Crippen LogP contribution in [0.5, 0.6) is 0 Å². The number of halogens is 1. The van der Waals surface area contributed by atoms with Gasteiger partial charge in [0.2, 0.25) is 0 Å². The topological polar surface area (TPSA) is 13.1 Å². The quantitative estimate of drug-likeness (QED) is 0.573. The van der Waals surface area contributed by atoms with E-state index in [1.807, 2.05) is 12.1 Å². The molecule has 15 heavy (non-hydrogen) atoms. The summed E-state index contributed by atoms with van der Waals surface area (Å²) < 4.78 is 6.88. The summed E-state index contributed by atoms with van der Waals surface area (Å²) in [5, 5.41) is 2.36. The molecule has 0 N–H and O–H groups in total. The number of rotatable bonds is 0. The van der Waals surface area contributed by atoms with Crippen molar-refractivity contribution >= 4 is 37.9 Å². The van der Waals surface area contributed by atoms with Crippen molar-refractivity contribution in [2.45, 2.75) is 6.92 Å². The van der Waals surface area contributed by atoms with Crippen molar-refractivity contribution in [3.05, 3.63) is 46.4 Å². The fraction of sp³-hybridized carbons (Fsp3) is 0.0769. The molecule has 0 aliphatic rings. The van der Waals surface area contributed by atoms with E-state index in [1.54, 1.807) is 0 Å². The minimum absolute atomic E-state index is 0.932. The Bertz CT molecular complexity index is 596. The van der Waals surface area contributed by atoms with Crippen LogP contribution in [0.15, 0.2) is 45.3 Å². The van der Waals surface area contributed by atoms with Gasteiger partial charge in [-0.15, -0.1) is 0 Å². The minimum Gasteiger partial charge on any atom is -0.455 e. The van der Waals surface area contributed by atoms with E-state index < -0.39 is 0 Å². The van der Waals surface area contributed by atoms with Gasteiger partial charge < -0.3 is 4.42 Å². The first kappa shape index (κ1) is 8.98. The molecule has 0 saturated heterocycles. The predicted molar refractivity (Wildman–Crippen MR) is 66.2 cm³/mol. The second-order valence-electron chi connectivity index (χ2n) is 3.67. The lowest BCUT2D eigenvalue weighted by atomic mass is 10.1. The molecule has 0 amide bonds. The van der Waals surface area contributed by atoms with Gasteiger partial charge in [-0.3, -0.25) is 0 Å². The minimum atomic E-state index is 0.932. The first-order valence-corrected chi connectivity index (χ1v) is 5.63. The third-order valence-corrected chi connectivity index (χ3v) is 3.30. The lowest BCUT2D eigenvalue weighted by Gasteiger charge is -1.91. The fourth-order valence-electron chi connectivity index (χ4n) is 1.93. The Morgan fingerprint density at radius 2 is 1.60 bits per heavy atom. The third-order valence-electron chi connectivity index (χ3n) is 2.67. The van der Waals surface area contributed by atoms with E-state index in [2.05, 4.69) is 47.1 Å². The summed E-state index contributed by atoms with van der Waals surface area (Å²) in [6.07, 6.45) is 0. The summed E-state index contributed by atoms with van der Waals surface area (Å²) in [6, 6.07) is 12.3. The molecule has 1 nitrogen and oxygen atoms in total. The van der Waals surface area contributed by atoms with Gasteiger partial charge in [0.1, 0.15) is 11.2 Å². The van der Waals surface area contributed by atoms with Gasteiger partial charge in [-0.25, -0.2) is 0 Å². The van der Waals surface area contributed by atoms with Crippen LogP contribution in [0.25, 0.3) is 21.9 Å². The normalized spacial score (nSPS) is 11.3. The number of fused-ring (bicyclic) bond motifs is 3. The summed E-state index contributed by atoms with van der Waals surface area (Å²) >= 11 is 3.51. The number of para-hydroxylation sites is 2. The van der Waals surface area contributed by atoms with Crippen molar-refractivity contribution in [3.8, 4) is 0 Å². The molecule has 1 heterocycles. The molecular weight excluding hydrogens is 252 g/mol. The Morgan fingerprint density at radius 3 is 2.40 bits per heavy atom. The molecule has 2 aromatic carbocycles. The Morgan fingerprint density at radius 1 is 0.933 bits per heavy atom. The van der Waals surface area contributed by atoms with Crippen molar-refractivity contribution < 1.29 is 4.42 Å². The van der Waals surface area contributed by atoms with Crippen LogP contribution < -0.4 is 0 Å². The molecule has 1 aromatic heterocycles. The fourth-order valence-corrected chi connectivity index (χ4v) is 2.37. The Balaban J connectivity index is 2.63. The van der Waals surface area contributed by atoms with Gasteiger partial charge in [0.15, 0.2) is 0 Å². The Hall–Kier alpha value is -1.28. The molecule has 2 heteroatoms. The molecule has 3 aromatic rings. The molecule has 0 atom stereocenters. The largest absolute Gasteiger partial charge is 0.455 e. The predicted octanol–water partition coefficient (Wildman–Crippen LogP) is 4.66. The number of hydrogen-bond acceptors (Lipinski definition) is 1. The summed E-state index contributed by atoms with van der Waals surface area (Å²) in [5.74, 6) is 0. The molecule has 0 radical (unpaired) electrons. The van der Waals surface area contributed by atoms with Gasteiger partial charge in [-0.2, -0.15) is 0 Å². The van der Waals surface area contributed by atoms with Crippen LogP contribution in [-0.4, -0.2) is 0 Å². The van der Waals surface area contributed by atoms with Gasteiger partial charge in [0.05, 0.1) is 4.47 Å². The van der Waals surface area contributed by atoms with Crippen LogP contribution in [0.2, 0.25) is 0 Å². The average molecular weight is 261 g/mol. The van der Waals surface area contributed by atoms with Crippen LogP contribution in [0.1, 0.15) is 5.56 Å². The van der Waals surface area contributed by atoms with Gasteiger partial charge in [0, 0.05) is 10.8 Å². The highest BCUT2D eigenvalue weighted by Crippen LogP contribution is 2.34. The molecule has 0 fully saturated rings. The van der Waals surface area contributed by atoms with Crippen molar-refractivity contribution in [3.63, 3.8) is 0 Å². The summed E-state index contributed by atoms with van der Waals surface area (Å²) in [6.45, 7) is 2.07.